The monoisotopic (exact) mass is 309 g/mol. The van der Waals surface area contributed by atoms with Gasteiger partial charge in [-0.1, -0.05) is 30.7 Å². The number of benzene rings is 1. The lowest BCUT2D eigenvalue weighted by molar-refractivity contribution is 0.515. The van der Waals surface area contributed by atoms with Crippen molar-refractivity contribution in [3.05, 3.63) is 52.1 Å². The van der Waals surface area contributed by atoms with Crippen LogP contribution in [-0.4, -0.2) is 16.3 Å². The molecular formula is C16H21ClFN3. The van der Waals surface area contributed by atoms with Crippen molar-refractivity contribution in [2.24, 2.45) is 0 Å². The lowest BCUT2D eigenvalue weighted by Crippen LogP contribution is -2.24. The fourth-order valence-electron chi connectivity index (χ4n) is 2.51. The Labute approximate surface area is 130 Å². The molecule has 0 amide bonds. The van der Waals surface area contributed by atoms with Crippen LogP contribution in [0.5, 0.6) is 0 Å². The van der Waals surface area contributed by atoms with E-state index in [2.05, 4.69) is 17.3 Å². The molecule has 0 aliphatic rings. The molecule has 1 aromatic carbocycles. The first-order valence-corrected chi connectivity index (χ1v) is 7.65. The van der Waals surface area contributed by atoms with E-state index in [-0.39, 0.29) is 11.9 Å². The van der Waals surface area contributed by atoms with Crippen molar-refractivity contribution in [1.29, 1.82) is 0 Å². The summed E-state index contributed by atoms with van der Waals surface area (Å²) in [5.74, 6) is -0.221. The normalized spacial score (nSPS) is 12.6. The number of aromatic nitrogens is 2. The largest absolute Gasteiger partial charge is 0.310 e. The third-order valence-corrected chi connectivity index (χ3v) is 4.06. The standard InChI is InChI=1S/C16H21ClFN3/c1-4-19-14(12-6-8-13(18)9-7-12)10-15-16(17)11(3)20-21(15)5-2/h6-9,14,19H,4-5,10H2,1-3H3. The molecule has 3 nitrogen and oxygen atoms in total. The van der Waals surface area contributed by atoms with Gasteiger partial charge in [-0.15, -0.1) is 0 Å². The predicted molar refractivity (Wildman–Crippen MR) is 84.2 cm³/mol. The molecular weight excluding hydrogens is 289 g/mol. The van der Waals surface area contributed by atoms with Crippen molar-refractivity contribution < 1.29 is 4.39 Å². The summed E-state index contributed by atoms with van der Waals surface area (Å²) in [7, 11) is 0. The lowest BCUT2D eigenvalue weighted by Gasteiger charge is -2.19. The van der Waals surface area contributed by atoms with E-state index in [1.54, 1.807) is 0 Å². The molecule has 0 saturated heterocycles. The minimum Gasteiger partial charge on any atom is -0.310 e. The van der Waals surface area contributed by atoms with E-state index < -0.39 is 0 Å². The van der Waals surface area contributed by atoms with Crippen LogP contribution in [0.3, 0.4) is 0 Å². The summed E-state index contributed by atoms with van der Waals surface area (Å²) in [6.45, 7) is 7.63. The highest BCUT2D eigenvalue weighted by atomic mass is 35.5. The van der Waals surface area contributed by atoms with E-state index in [1.807, 2.05) is 30.7 Å². The predicted octanol–water partition coefficient (Wildman–Crippen LogP) is 3.90. The van der Waals surface area contributed by atoms with Gasteiger partial charge < -0.3 is 5.32 Å². The number of hydrogen-bond donors (Lipinski definition) is 1. The van der Waals surface area contributed by atoms with Gasteiger partial charge >= 0.3 is 0 Å². The number of hydrogen-bond acceptors (Lipinski definition) is 2. The summed E-state index contributed by atoms with van der Waals surface area (Å²) >= 11 is 6.38. The Kier molecular flexibility index (Phi) is 5.37. The zero-order chi connectivity index (χ0) is 15.4. The Morgan fingerprint density at radius 1 is 1.29 bits per heavy atom. The van der Waals surface area contributed by atoms with Gasteiger partial charge in [-0.2, -0.15) is 5.10 Å². The van der Waals surface area contributed by atoms with Gasteiger partial charge in [0.1, 0.15) is 5.82 Å². The van der Waals surface area contributed by atoms with E-state index in [0.29, 0.717) is 0 Å². The summed E-state index contributed by atoms with van der Waals surface area (Å²) in [5, 5.41) is 8.60. The first-order chi connectivity index (χ1) is 10.1. The Balaban J connectivity index is 2.30. The van der Waals surface area contributed by atoms with Gasteiger partial charge in [0, 0.05) is 19.0 Å². The van der Waals surface area contributed by atoms with Crippen molar-refractivity contribution in [2.75, 3.05) is 6.54 Å². The van der Waals surface area contributed by atoms with Crippen molar-refractivity contribution in [1.82, 2.24) is 15.1 Å². The highest BCUT2D eigenvalue weighted by Crippen LogP contribution is 2.26. The highest BCUT2D eigenvalue weighted by Gasteiger charge is 2.18. The maximum atomic E-state index is 13.1. The molecule has 1 unspecified atom stereocenters. The molecule has 0 radical (unpaired) electrons. The van der Waals surface area contributed by atoms with Crippen LogP contribution in [0.1, 0.15) is 36.8 Å². The second kappa shape index (κ2) is 7.05. The molecule has 2 aromatic rings. The fraction of sp³-hybridized carbons (Fsp3) is 0.438. The van der Waals surface area contributed by atoms with Gasteiger partial charge in [-0.25, -0.2) is 4.39 Å². The zero-order valence-electron chi connectivity index (χ0n) is 12.7. The molecule has 0 aliphatic heterocycles. The van der Waals surface area contributed by atoms with E-state index >= 15 is 0 Å². The van der Waals surface area contributed by atoms with Crippen LogP contribution in [-0.2, 0) is 13.0 Å². The molecule has 0 bridgehead atoms. The summed E-state index contributed by atoms with van der Waals surface area (Å²) < 4.78 is 15.0. The molecule has 5 heteroatoms. The average Bonchev–Trinajstić information content (AvgIpc) is 2.75. The van der Waals surface area contributed by atoms with Gasteiger partial charge in [-0.3, -0.25) is 4.68 Å². The van der Waals surface area contributed by atoms with Crippen LogP contribution in [0.4, 0.5) is 4.39 Å². The minimum absolute atomic E-state index is 0.0921. The average molecular weight is 310 g/mol. The molecule has 2 rings (SSSR count). The molecule has 0 fully saturated rings. The molecule has 1 heterocycles. The van der Waals surface area contributed by atoms with Crippen LogP contribution in [0.2, 0.25) is 5.02 Å². The Bertz CT molecular complexity index is 592. The van der Waals surface area contributed by atoms with Gasteiger partial charge in [0.2, 0.25) is 0 Å². The molecule has 0 aliphatic carbocycles. The number of likely N-dealkylation sites (N-methyl/N-ethyl adjacent to an activating group) is 1. The number of aryl methyl sites for hydroxylation is 2. The number of rotatable bonds is 6. The molecule has 21 heavy (non-hydrogen) atoms. The van der Waals surface area contributed by atoms with Crippen molar-refractivity contribution in [3.8, 4) is 0 Å². The quantitative estimate of drug-likeness (QED) is 0.877. The summed E-state index contributed by atoms with van der Waals surface area (Å²) in [4.78, 5) is 0. The van der Waals surface area contributed by atoms with E-state index in [1.165, 1.54) is 12.1 Å². The highest BCUT2D eigenvalue weighted by molar-refractivity contribution is 6.31. The molecule has 1 aromatic heterocycles. The van der Waals surface area contributed by atoms with Crippen molar-refractivity contribution in [2.45, 2.75) is 39.8 Å². The SMILES string of the molecule is CCNC(Cc1c(Cl)c(C)nn1CC)c1ccc(F)cc1. The summed E-state index contributed by atoms with van der Waals surface area (Å²) in [5.41, 5.74) is 2.92. The second-order valence-corrected chi connectivity index (χ2v) is 5.41. The Morgan fingerprint density at radius 3 is 2.52 bits per heavy atom. The van der Waals surface area contributed by atoms with Crippen molar-refractivity contribution in [3.63, 3.8) is 0 Å². The minimum atomic E-state index is -0.221. The molecule has 1 atom stereocenters. The van der Waals surface area contributed by atoms with Gasteiger partial charge in [0.05, 0.1) is 16.4 Å². The summed E-state index contributed by atoms with van der Waals surface area (Å²) in [6.07, 6.45) is 0.729. The third-order valence-electron chi connectivity index (χ3n) is 3.57. The van der Waals surface area contributed by atoms with Crippen LogP contribution < -0.4 is 5.32 Å². The van der Waals surface area contributed by atoms with Gasteiger partial charge in [0.15, 0.2) is 0 Å². The first kappa shape index (κ1) is 16.0. The van der Waals surface area contributed by atoms with Crippen LogP contribution in [0, 0.1) is 12.7 Å². The molecule has 114 valence electrons. The van der Waals surface area contributed by atoms with Crippen LogP contribution in [0.25, 0.3) is 0 Å². The van der Waals surface area contributed by atoms with Crippen LogP contribution in [0.15, 0.2) is 24.3 Å². The van der Waals surface area contributed by atoms with E-state index in [4.69, 9.17) is 11.6 Å². The third kappa shape index (κ3) is 3.63. The van der Waals surface area contributed by atoms with Gasteiger partial charge in [0.25, 0.3) is 0 Å². The lowest BCUT2D eigenvalue weighted by atomic mass is 10.0. The van der Waals surface area contributed by atoms with Crippen LogP contribution >= 0.6 is 11.6 Å². The maximum absolute atomic E-state index is 13.1. The van der Waals surface area contributed by atoms with E-state index in [9.17, 15) is 4.39 Å². The number of halogens is 2. The Hall–Kier alpha value is -1.39. The molecule has 0 saturated carbocycles. The van der Waals surface area contributed by atoms with E-state index in [0.717, 1.165) is 41.5 Å². The smallest absolute Gasteiger partial charge is 0.123 e. The maximum Gasteiger partial charge on any atom is 0.123 e. The first-order valence-electron chi connectivity index (χ1n) is 7.27. The summed E-state index contributed by atoms with van der Waals surface area (Å²) in [6, 6.07) is 6.70. The zero-order valence-corrected chi connectivity index (χ0v) is 13.4. The Morgan fingerprint density at radius 2 is 1.95 bits per heavy atom. The molecule has 1 N–H and O–H groups in total. The number of nitrogens with zero attached hydrogens (tertiary/aromatic N) is 2. The second-order valence-electron chi connectivity index (χ2n) is 5.03. The fourth-order valence-corrected chi connectivity index (χ4v) is 2.72. The number of nitrogens with one attached hydrogen (secondary N) is 1. The molecule has 0 spiro atoms. The van der Waals surface area contributed by atoms with Crippen molar-refractivity contribution >= 4 is 11.6 Å². The topological polar surface area (TPSA) is 29.9 Å². The van der Waals surface area contributed by atoms with Gasteiger partial charge in [-0.05, 0) is 38.1 Å².